The maximum absolute atomic E-state index is 6.27. The number of rotatable bonds is 5. The molecule has 0 aromatic heterocycles. The van der Waals surface area contributed by atoms with Crippen LogP contribution in [0.1, 0.15) is 58.1 Å². The van der Waals surface area contributed by atoms with Crippen LogP contribution in [-0.4, -0.2) is 6.54 Å². The van der Waals surface area contributed by atoms with E-state index in [0.29, 0.717) is 0 Å². The first-order chi connectivity index (χ1) is 9.84. The Kier molecular flexibility index (Phi) is 4.18. The minimum atomic E-state index is -0.0523. The first-order valence-corrected chi connectivity index (χ1v) is 7.93. The van der Waals surface area contributed by atoms with E-state index in [1.54, 1.807) is 0 Å². The Bertz CT molecular complexity index is 581. The average molecular weight is 284 g/mol. The van der Waals surface area contributed by atoms with Gasteiger partial charge in [0.25, 0.3) is 0 Å². The molecule has 0 saturated heterocycles. The molecular formula is C19H28N2. The average Bonchev–Trinajstić information content (AvgIpc) is 2.63. The Labute approximate surface area is 129 Å². The van der Waals surface area contributed by atoms with E-state index in [-0.39, 0.29) is 5.41 Å². The Morgan fingerprint density at radius 1 is 1.29 bits per heavy atom. The largest absolute Gasteiger partial charge is 0.398 e. The molecule has 0 unspecified atom stereocenters. The van der Waals surface area contributed by atoms with Gasteiger partial charge >= 0.3 is 0 Å². The molecule has 2 nitrogen and oxygen atoms in total. The molecule has 0 spiro atoms. The third kappa shape index (κ3) is 2.48. The molecule has 0 amide bonds. The number of allylic oxidation sites excluding steroid dienone is 2. The molecule has 2 heteroatoms. The lowest BCUT2D eigenvalue weighted by molar-refractivity contribution is 0.627. The molecule has 0 bridgehead atoms. The molecule has 1 aliphatic heterocycles. The molecule has 0 saturated carbocycles. The summed E-state index contributed by atoms with van der Waals surface area (Å²) in [6, 6.07) is 4.34. The first-order valence-electron chi connectivity index (χ1n) is 7.93. The Morgan fingerprint density at radius 2 is 1.95 bits per heavy atom. The van der Waals surface area contributed by atoms with Crippen LogP contribution >= 0.6 is 0 Å². The van der Waals surface area contributed by atoms with E-state index in [1.807, 2.05) is 0 Å². The Balaban J connectivity index is 2.56. The van der Waals surface area contributed by atoms with E-state index >= 15 is 0 Å². The van der Waals surface area contributed by atoms with Crippen molar-refractivity contribution in [1.82, 2.24) is 0 Å². The van der Waals surface area contributed by atoms with Crippen molar-refractivity contribution in [3.8, 4) is 0 Å². The smallest absolute Gasteiger partial charge is 0.0458 e. The third-order valence-electron chi connectivity index (χ3n) is 4.72. The number of fused-ring (bicyclic) bond motifs is 1. The van der Waals surface area contributed by atoms with Crippen LogP contribution in [0.5, 0.6) is 0 Å². The van der Waals surface area contributed by atoms with Gasteiger partial charge in [0, 0.05) is 34.6 Å². The third-order valence-corrected chi connectivity index (χ3v) is 4.72. The second kappa shape index (κ2) is 5.59. The maximum atomic E-state index is 6.27. The lowest BCUT2D eigenvalue weighted by Crippen LogP contribution is -2.25. The molecule has 114 valence electrons. The fourth-order valence-electron chi connectivity index (χ4n) is 3.04. The molecule has 21 heavy (non-hydrogen) atoms. The molecule has 2 N–H and O–H groups in total. The van der Waals surface area contributed by atoms with Gasteiger partial charge in [0.2, 0.25) is 0 Å². The van der Waals surface area contributed by atoms with Gasteiger partial charge in [-0.3, -0.25) is 0 Å². The van der Waals surface area contributed by atoms with Gasteiger partial charge in [-0.25, -0.2) is 0 Å². The highest BCUT2D eigenvalue weighted by molar-refractivity contribution is 5.82. The zero-order chi connectivity index (χ0) is 15.8. The zero-order valence-electron chi connectivity index (χ0n) is 13.9. The lowest BCUT2D eigenvalue weighted by Gasteiger charge is -2.25. The minimum Gasteiger partial charge on any atom is -0.398 e. The van der Waals surface area contributed by atoms with Crippen molar-refractivity contribution in [2.24, 2.45) is 0 Å². The molecule has 0 aliphatic carbocycles. The van der Waals surface area contributed by atoms with Crippen LogP contribution in [0.4, 0.5) is 11.4 Å². The fraction of sp³-hybridized carbons (Fsp3) is 0.474. The van der Waals surface area contributed by atoms with E-state index in [4.69, 9.17) is 5.73 Å². The number of anilines is 2. The molecule has 0 atom stereocenters. The van der Waals surface area contributed by atoms with Gasteiger partial charge in [-0.2, -0.15) is 0 Å². The number of benzene rings is 1. The highest BCUT2D eigenvalue weighted by Crippen LogP contribution is 2.49. The summed E-state index contributed by atoms with van der Waals surface area (Å²) in [5, 5.41) is 0. The predicted molar refractivity (Wildman–Crippen MR) is 94.6 cm³/mol. The van der Waals surface area contributed by atoms with Crippen LogP contribution in [0, 0.1) is 0 Å². The normalized spacial score (nSPS) is 16.2. The Morgan fingerprint density at radius 3 is 2.52 bits per heavy atom. The zero-order valence-corrected chi connectivity index (χ0v) is 13.9. The number of nitrogen functional groups attached to an aromatic ring is 1. The van der Waals surface area contributed by atoms with Gasteiger partial charge in [-0.15, -0.1) is 0 Å². The molecule has 0 radical (unpaired) electrons. The van der Waals surface area contributed by atoms with Crippen LogP contribution < -0.4 is 10.6 Å². The second-order valence-corrected chi connectivity index (χ2v) is 6.49. The van der Waals surface area contributed by atoms with Crippen molar-refractivity contribution in [2.45, 2.75) is 52.4 Å². The van der Waals surface area contributed by atoms with E-state index < -0.39 is 0 Å². The van der Waals surface area contributed by atoms with Gasteiger partial charge in [0.15, 0.2) is 0 Å². The lowest BCUT2D eigenvalue weighted by atomic mass is 9.83. The van der Waals surface area contributed by atoms with Crippen molar-refractivity contribution < 1.29 is 0 Å². The van der Waals surface area contributed by atoms with Crippen molar-refractivity contribution in [3.05, 3.63) is 42.1 Å². The molecule has 1 aromatic rings. The summed E-state index contributed by atoms with van der Waals surface area (Å²) >= 11 is 0. The van der Waals surface area contributed by atoms with Gasteiger partial charge in [-0.1, -0.05) is 47.3 Å². The molecule has 0 fully saturated rings. The predicted octanol–water partition coefficient (Wildman–Crippen LogP) is 5.10. The quantitative estimate of drug-likeness (QED) is 0.762. The summed E-state index contributed by atoms with van der Waals surface area (Å²) in [6.07, 6.45) is 3.27. The van der Waals surface area contributed by atoms with E-state index in [9.17, 15) is 0 Å². The topological polar surface area (TPSA) is 29.3 Å². The number of hydrogen-bond donors (Lipinski definition) is 1. The summed E-state index contributed by atoms with van der Waals surface area (Å²) < 4.78 is 0. The van der Waals surface area contributed by atoms with Crippen LogP contribution in [0.15, 0.2) is 31.0 Å². The molecule has 1 aromatic carbocycles. The number of nitrogens with two attached hydrogens (primary N) is 1. The summed E-state index contributed by atoms with van der Waals surface area (Å²) in [6.45, 7) is 18.3. The summed E-state index contributed by atoms with van der Waals surface area (Å²) in [5.74, 6) is 0. The number of unbranched alkanes of at least 4 members (excludes halogenated alkanes) is 1. The van der Waals surface area contributed by atoms with Crippen molar-refractivity contribution in [2.75, 3.05) is 17.2 Å². The highest BCUT2D eigenvalue weighted by Gasteiger charge is 2.39. The van der Waals surface area contributed by atoms with Gasteiger partial charge in [0.05, 0.1) is 0 Å². The summed E-state index contributed by atoms with van der Waals surface area (Å²) in [7, 11) is 0. The van der Waals surface area contributed by atoms with Crippen LogP contribution in [0.2, 0.25) is 0 Å². The molecular weight excluding hydrogens is 256 g/mol. The van der Waals surface area contributed by atoms with E-state index in [2.05, 4.69) is 57.9 Å². The van der Waals surface area contributed by atoms with E-state index in [0.717, 1.165) is 29.8 Å². The minimum absolute atomic E-state index is 0.0523. The molecule has 2 rings (SSSR count). The van der Waals surface area contributed by atoms with Crippen molar-refractivity contribution >= 4 is 16.9 Å². The van der Waals surface area contributed by atoms with Crippen LogP contribution in [0.3, 0.4) is 0 Å². The number of nitrogens with zero attached hydrogens (tertiary/aromatic N) is 1. The van der Waals surface area contributed by atoms with Gasteiger partial charge < -0.3 is 10.6 Å². The summed E-state index contributed by atoms with van der Waals surface area (Å²) in [4.78, 5) is 2.37. The Hall–Kier alpha value is -1.70. The van der Waals surface area contributed by atoms with Gasteiger partial charge in [-0.05, 0) is 36.1 Å². The SMILES string of the molecule is C=C(CC)c1cc2c(cc1N)C(C)(C)C(=C)N2CCCC. The van der Waals surface area contributed by atoms with Crippen molar-refractivity contribution in [1.29, 1.82) is 0 Å². The van der Waals surface area contributed by atoms with Crippen LogP contribution in [-0.2, 0) is 5.41 Å². The standard InChI is InChI=1S/C19H28N2/c1-7-9-10-21-14(4)19(5,6)16-12-17(20)15(11-18(16)21)13(3)8-2/h11-12H,3-4,7-10,20H2,1-2,5-6H3. The second-order valence-electron chi connectivity index (χ2n) is 6.49. The van der Waals surface area contributed by atoms with Crippen LogP contribution in [0.25, 0.3) is 5.57 Å². The molecule has 1 aliphatic rings. The molecule has 1 heterocycles. The van der Waals surface area contributed by atoms with Gasteiger partial charge in [0.1, 0.15) is 0 Å². The highest BCUT2D eigenvalue weighted by atomic mass is 15.2. The maximum Gasteiger partial charge on any atom is 0.0458 e. The fourth-order valence-corrected chi connectivity index (χ4v) is 3.04. The van der Waals surface area contributed by atoms with Crippen molar-refractivity contribution in [3.63, 3.8) is 0 Å². The number of hydrogen-bond acceptors (Lipinski definition) is 2. The van der Waals surface area contributed by atoms with E-state index in [1.165, 1.54) is 29.8 Å². The summed E-state index contributed by atoms with van der Waals surface area (Å²) in [5.41, 5.74) is 13.0. The monoisotopic (exact) mass is 284 g/mol. The first kappa shape index (κ1) is 15.7.